The molecule has 0 bridgehead atoms. The van der Waals surface area contributed by atoms with E-state index in [2.05, 4.69) is 35.0 Å². The zero-order chi connectivity index (χ0) is 22.8. The lowest BCUT2D eigenvalue weighted by Crippen LogP contribution is -2.44. The molecule has 0 spiro atoms. The number of rotatable bonds is 10. The van der Waals surface area contributed by atoms with Crippen molar-refractivity contribution in [2.45, 2.75) is 40.2 Å². The quantitative estimate of drug-likeness (QED) is 0.547. The van der Waals surface area contributed by atoms with Gasteiger partial charge in [-0.3, -0.25) is 19.3 Å². The second-order valence-corrected chi connectivity index (χ2v) is 7.71. The molecule has 0 heterocycles. The fourth-order valence-electron chi connectivity index (χ4n) is 3.27. The van der Waals surface area contributed by atoms with Crippen molar-refractivity contribution in [3.8, 4) is 0 Å². The molecule has 3 N–H and O–H groups in total. The van der Waals surface area contributed by atoms with Crippen LogP contribution in [-0.2, 0) is 20.8 Å². The Hall–Kier alpha value is -3.19. The molecule has 0 radical (unpaired) electrons. The van der Waals surface area contributed by atoms with Crippen molar-refractivity contribution in [3.63, 3.8) is 0 Å². The van der Waals surface area contributed by atoms with Gasteiger partial charge in [0.15, 0.2) is 0 Å². The predicted octanol–water partition coefficient (Wildman–Crippen LogP) is 2.96. The minimum absolute atomic E-state index is 0.00302. The molecule has 0 aliphatic heterocycles. The Morgan fingerprint density at radius 2 is 1.48 bits per heavy atom. The molecule has 0 saturated heterocycles. The normalized spacial score (nSPS) is 11.6. The predicted molar refractivity (Wildman–Crippen MR) is 124 cm³/mol. The number of hydrogen-bond acceptors (Lipinski definition) is 4. The lowest BCUT2D eigenvalue weighted by molar-refractivity contribution is -0.124. The largest absolute Gasteiger partial charge is 0.352 e. The van der Waals surface area contributed by atoms with Gasteiger partial charge in [0.05, 0.1) is 13.1 Å². The molecule has 1 atom stereocenters. The van der Waals surface area contributed by atoms with Crippen LogP contribution in [0.25, 0.3) is 0 Å². The molecule has 0 aliphatic rings. The summed E-state index contributed by atoms with van der Waals surface area (Å²) in [5.41, 5.74) is 3.72. The highest BCUT2D eigenvalue weighted by atomic mass is 16.2. The standard InChI is InChI=1S/C24H32N4O3/c1-5-28(15-23(30)25-18(3)14-20-9-7-6-8-17(20)2)16-24(31)27-22-12-10-21(11-13-22)26-19(4)29/h6-13,18H,5,14-16H2,1-4H3,(H,25,30)(H,26,29)(H,27,31). The molecular formula is C24H32N4O3. The summed E-state index contributed by atoms with van der Waals surface area (Å²) in [7, 11) is 0. The highest BCUT2D eigenvalue weighted by molar-refractivity contribution is 5.93. The van der Waals surface area contributed by atoms with E-state index in [0.717, 1.165) is 6.42 Å². The zero-order valence-corrected chi connectivity index (χ0v) is 18.7. The summed E-state index contributed by atoms with van der Waals surface area (Å²) in [6.45, 7) is 8.25. The number of amides is 3. The van der Waals surface area contributed by atoms with Gasteiger partial charge in [0.2, 0.25) is 17.7 Å². The van der Waals surface area contributed by atoms with Crippen LogP contribution >= 0.6 is 0 Å². The Bertz CT molecular complexity index is 896. The van der Waals surface area contributed by atoms with Gasteiger partial charge in [-0.15, -0.1) is 0 Å². The van der Waals surface area contributed by atoms with Crippen LogP contribution in [0.2, 0.25) is 0 Å². The van der Waals surface area contributed by atoms with Crippen molar-refractivity contribution in [3.05, 3.63) is 59.7 Å². The number of aryl methyl sites for hydroxylation is 1. The lowest BCUT2D eigenvalue weighted by atomic mass is 10.0. The number of nitrogens with zero attached hydrogens (tertiary/aromatic N) is 1. The maximum atomic E-state index is 12.4. The molecule has 0 fully saturated rings. The molecule has 2 aromatic rings. The summed E-state index contributed by atoms with van der Waals surface area (Å²) in [6.07, 6.45) is 0.763. The topological polar surface area (TPSA) is 90.5 Å². The Labute approximate surface area is 184 Å². The first-order chi connectivity index (χ1) is 14.8. The van der Waals surface area contributed by atoms with Crippen LogP contribution in [0, 0.1) is 6.92 Å². The third-order valence-electron chi connectivity index (χ3n) is 4.87. The minimum atomic E-state index is -0.199. The highest BCUT2D eigenvalue weighted by Gasteiger charge is 2.15. The second kappa shape index (κ2) is 11.9. The SMILES string of the molecule is CCN(CC(=O)Nc1ccc(NC(C)=O)cc1)CC(=O)NC(C)Cc1ccccc1C. The number of carbonyl (C=O) groups is 3. The van der Waals surface area contributed by atoms with Gasteiger partial charge in [-0.05, 0) is 62.2 Å². The first kappa shape index (κ1) is 24.1. The van der Waals surface area contributed by atoms with E-state index >= 15 is 0 Å². The summed E-state index contributed by atoms with van der Waals surface area (Å²) < 4.78 is 0. The lowest BCUT2D eigenvalue weighted by Gasteiger charge is -2.21. The molecule has 2 aromatic carbocycles. The van der Waals surface area contributed by atoms with Gasteiger partial charge in [-0.25, -0.2) is 0 Å². The van der Waals surface area contributed by atoms with Crippen LogP contribution in [0.5, 0.6) is 0 Å². The van der Waals surface area contributed by atoms with Crippen molar-refractivity contribution in [2.24, 2.45) is 0 Å². The molecule has 0 aromatic heterocycles. The summed E-state index contributed by atoms with van der Waals surface area (Å²) in [4.78, 5) is 37.7. The molecule has 0 saturated carbocycles. The molecule has 3 amide bonds. The fourth-order valence-corrected chi connectivity index (χ4v) is 3.27. The number of benzene rings is 2. The van der Waals surface area contributed by atoms with Gasteiger partial charge >= 0.3 is 0 Å². The molecule has 7 nitrogen and oxygen atoms in total. The summed E-state index contributed by atoms with van der Waals surface area (Å²) in [5, 5.41) is 8.51. The summed E-state index contributed by atoms with van der Waals surface area (Å²) in [5.74, 6) is -0.452. The average Bonchev–Trinajstić information content (AvgIpc) is 2.70. The van der Waals surface area contributed by atoms with E-state index in [1.54, 1.807) is 29.2 Å². The van der Waals surface area contributed by atoms with Crippen LogP contribution in [0.1, 0.15) is 31.9 Å². The molecule has 166 valence electrons. The van der Waals surface area contributed by atoms with Crippen molar-refractivity contribution < 1.29 is 14.4 Å². The Kier molecular flexibility index (Phi) is 9.21. The maximum Gasteiger partial charge on any atom is 0.238 e. The fraction of sp³-hybridized carbons (Fsp3) is 0.375. The van der Waals surface area contributed by atoms with Crippen LogP contribution in [0.4, 0.5) is 11.4 Å². The Balaban J connectivity index is 1.80. The third-order valence-corrected chi connectivity index (χ3v) is 4.87. The smallest absolute Gasteiger partial charge is 0.238 e. The van der Waals surface area contributed by atoms with Crippen LogP contribution < -0.4 is 16.0 Å². The van der Waals surface area contributed by atoms with E-state index in [0.29, 0.717) is 17.9 Å². The molecule has 2 rings (SSSR count). The molecule has 31 heavy (non-hydrogen) atoms. The average molecular weight is 425 g/mol. The Morgan fingerprint density at radius 1 is 0.903 bits per heavy atom. The van der Waals surface area contributed by atoms with Crippen LogP contribution in [0.3, 0.4) is 0 Å². The second-order valence-electron chi connectivity index (χ2n) is 7.71. The summed E-state index contributed by atoms with van der Waals surface area (Å²) >= 11 is 0. The molecule has 0 aliphatic carbocycles. The van der Waals surface area contributed by atoms with Crippen molar-refractivity contribution in [1.29, 1.82) is 0 Å². The van der Waals surface area contributed by atoms with Crippen molar-refractivity contribution in [1.82, 2.24) is 10.2 Å². The molecule has 7 heteroatoms. The van der Waals surface area contributed by atoms with Gasteiger partial charge in [0, 0.05) is 24.3 Å². The zero-order valence-electron chi connectivity index (χ0n) is 18.7. The first-order valence-electron chi connectivity index (χ1n) is 10.5. The summed E-state index contributed by atoms with van der Waals surface area (Å²) in [6, 6.07) is 15.0. The minimum Gasteiger partial charge on any atom is -0.352 e. The Morgan fingerprint density at radius 3 is 2.06 bits per heavy atom. The van der Waals surface area contributed by atoms with Crippen LogP contribution in [0.15, 0.2) is 48.5 Å². The van der Waals surface area contributed by atoms with Crippen LogP contribution in [-0.4, -0.2) is 48.3 Å². The number of nitrogens with one attached hydrogen (secondary N) is 3. The van der Waals surface area contributed by atoms with Gasteiger partial charge in [0.1, 0.15) is 0 Å². The van der Waals surface area contributed by atoms with E-state index in [-0.39, 0.29) is 36.9 Å². The van der Waals surface area contributed by atoms with E-state index < -0.39 is 0 Å². The number of hydrogen-bond donors (Lipinski definition) is 3. The highest BCUT2D eigenvalue weighted by Crippen LogP contribution is 2.13. The first-order valence-corrected chi connectivity index (χ1v) is 10.5. The van der Waals surface area contributed by atoms with Gasteiger partial charge in [0.25, 0.3) is 0 Å². The van der Waals surface area contributed by atoms with E-state index in [9.17, 15) is 14.4 Å². The number of anilines is 2. The van der Waals surface area contributed by atoms with Crippen molar-refractivity contribution in [2.75, 3.05) is 30.3 Å². The van der Waals surface area contributed by atoms with Crippen molar-refractivity contribution >= 4 is 29.1 Å². The van der Waals surface area contributed by atoms with E-state index in [1.807, 2.05) is 26.0 Å². The maximum absolute atomic E-state index is 12.4. The molecular weight excluding hydrogens is 392 g/mol. The van der Waals surface area contributed by atoms with Gasteiger partial charge < -0.3 is 16.0 Å². The monoisotopic (exact) mass is 424 g/mol. The van der Waals surface area contributed by atoms with E-state index in [1.165, 1.54) is 18.1 Å². The molecule has 1 unspecified atom stereocenters. The van der Waals surface area contributed by atoms with Gasteiger partial charge in [-0.2, -0.15) is 0 Å². The number of likely N-dealkylation sites (N-methyl/N-ethyl adjacent to an activating group) is 1. The van der Waals surface area contributed by atoms with E-state index in [4.69, 9.17) is 0 Å². The number of carbonyl (C=O) groups excluding carboxylic acids is 3. The van der Waals surface area contributed by atoms with Gasteiger partial charge in [-0.1, -0.05) is 31.2 Å². The third kappa shape index (κ3) is 8.60.